The third-order valence-electron chi connectivity index (χ3n) is 7.41. The van der Waals surface area contributed by atoms with E-state index < -0.39 is 5.79 Å². The van der Waals surface area contributed by atoms with Gasteiger partial charge in [0.05, 0.1) is 19.8 Å². The average molecular weight is 512 g/mol. The molecule has 3 heteroatoms. The maximum Gasteiger partial charge on any atom is 0.178 e. The second kappa shape index (κ2) is 27.9. The van der Waals surface area contributed by atoms with Crippen LogP contribution in [0.2, 0.25) is 0 Å². The van der Waals surface area contributed by atoms with E-state index >= 15 is 0 Å². The smallest absolute Gasteiger partial charge is 0.178 e. The molecular weight excluding hydrogens is 442 g/mol. The lowest BCUT2D eigenvalue weighted by Crippen LogP contribution is -2.43. The van der Waals surface area contributed by atoms with Crippen molar-refractivity contribution in [2.75, 3.05) is 33.9 Å². The third-order valence-corrected chi connectivity index (χ3v) is 7.41. The average Bonchev–Trinajstić information content (AvgIpc) is 2.84. The molecule has 0 aliphatic carbocycles. The van der Waals surface area contributed by atoms with Crippen LogP contribution in [0.25, 0.3) is 0 Å². The van der Waals surface area contributed by atoms with Crippen molar-refractivity contribution in [2.24, 2.45) is 0 Å². The molecule has 0 saturated carbocycles. The number of unbranched alkanes of at least 4 members (excludes halogenated alkanes) is 22. The van der Waals surface area contributed by atoms with Crippen molar-refractivity contribution >= 4 is 0 Å². The lowest BCUT2D eigenvalue weighted by Gasteiger charge is -2.32. The molecule has 0 bridgehead atoms. The minimum Gasteiger partial charge on any atom is -0.349 e. The zero-order chi connectivity index (χ0) is 26.6. The van der Waals surface area contributed by atoms with Gasteiger partial charge in [-0.25, -0.2) is 0 Å². The Labute approximate surface area is 228 Å². The Morgan fingerprint density at radius 2 is 0.667 bits per heavy atom. The van der Waals surface area contributed by atoms with Crippen LogP contribution >= 0.6 is 0 Å². The number of ether oxygens (including phenoxy) is 2. The quantitative estimate of drug-likeness (QED) is 0.0707. The summed E-state index contributed by atoms with van der Waals surface area (Å²) in [6.45, 7) is 9.18. The van der Waals surface area contributed by atoms with Gasteiger partial charge in [0, 0.05) is 0 Å². The van der Waals surface area contributed by atoms with Gasteiger partial charge in [-0.3, -0.25) is 0 Å². The van der Waals surface area contributed by atoms with Gasteiger partial charge in [0.15, 0.2) is 5.79 Å². The highest BCUT2D eigenvalue weighted by molar-refractivity contribution is 4.67. The molecule has 0 heterocycles. The molecule has 0 N–H and O–H groups in total. The summed E-state index contributed by atoms with van der Waals surface area (Å²) in [5, 5.41) is 0. The number of rotatable bonds is 30. The summed E-state index contributed by atoms with van der Waals surface area (Å²) in [4.78, 5) is 2.19. The highest BCUT2D eigenvalue weighted by atomic mass is 16.7. The van der Waals surface area contributed by atoms with Crippen molar-refractivity contribution in [1.82, 2.24) is 4.90 Å². The summed E-state index contributed by atoms with van der Waals surface area (Å²) in [7, 11) is 4.22. The van der Waals surface area contributed by atoms with Gasteiger partial charge in [0.1, 0.15) is 0 Å². The molecule has 0 aromatic carbocycles. The van der Waals surface area contributed by atoms with Gasteiger partial charge in [-0.1, -0.05) is 155 Å². The molecule has 0 fully saturated rings. The fourth-order valence-electron chi connectivity index (χ4n) is 5.17. The highest BCUT2D eigenvalue weighted by Gasteiger charge is 2.26. The van der Waals surface area contributed by atoms with Crippen LogP contribution in [-0.4, -0.2) is 44.5 Å². The first-order valence-corrected chi connectivity index (χ1v) is 16.5. The molecule has 0 saturated heterocycles. The molecule has 0 aromatic heterocycles. The van der Waals surface area contributed by atoms with Crippen LogP contribution in [0.15, 0.2) is 0 Å². The van der Waals surface area contributed by atoms with Gasteiger partial charge >= 0.3 is 0 Å². The second-order valence-electron chi connectivity index (χ2n) is 11.8. The van der Waals surface area contributed by atoms with Crippen LogP contribution in [0.5, 0.6) is 0 Å². The van der Waals surface area contributed by atoms with Gasteiger partial charge in [0.25, 0.3) is 0 Å². The summed E-state index contributed by atoms with van der Waals surface area (Å²) >= 11 is 0. The summed E-state index contributed by atoms with van der Waals surface area (Å²) in [6.07, 6.45) is 33.1. The van der Waals surface area contributed by atoms with E-state index in [-0.39, 0.29) is 0 Å². The largest absolute Gasteiger partial charge is 0.349 e. The van der Waals surface area contributed by atoms with Crippen molar-refractivity contribution < 1.29 is 9.47 Å². The molecule has 0 amide bonds. The molecule has 0 aliphatic rings. The summed E-state index contributed by atoms with van der Waals surface area (Å²) in [5.41, 5.74) is 0. The van der Waals surface area contributed by atoms with E-state index in [4.69, 9.17) is 9.47 Å². The van der Waals surface area contributed by atoms with Crippen LogP contribution in [0.4, 0.5) is 0 Å². The molecule has 0 spiro atoms. The lowest BCUT2D eigenvalue weighted by atomic mass is 10.1. The molecule has 3 nitrogen and oxygen atoms in total. The van der Waals surface area contributed by atoms with E-state index in [2.05, 4.69) is 39.8 Å². The van der Waals surface area contributed by atoms with E-state index in [9.17, 15) is 0 Å². The van der Waals surface area contributed by atoms with Crippen LogP contribution in [0, 0.1) is 0 Å². The van der Waals surface area contributed by atoms with Crippen LogP contribution in [-0.2, 0) is 9.47 Å². The Kier molecular flexibility index (Phi) is 27.8. The number of hydrogen-bond donors (Lipinski definition) is 0. The van der Waals surface area contributed by atoms with Gasteiger partial charge in [-0.15, -0.1) is 0 Å². The normalized spacial score (nSPS) is 12.2. The molecule has 0 aromatic rings. The SMILES string of the molecule is CCCCCCCCCCCCCCOC(C)(CN(C)C)OCCCCCCCCCCCCCC. The summed E-state index contributed by atoms with van der Waals surface area (Å²) in [5.74, 6) is -0.473. The Morgan fingerprint density at radius 1 is 0.417 bits per heavy atom. The van der Waals surface area contributed by atoms with Crippen LogP contribution in [0.1, 0.15) is 175 Å². The topological polar surface area (TPSA) is 21.7 Å². The number of likely N-dealkylation sites (N-methyl/N-ethyl adjacent to an activating group) is 1. The predicted molar refractivity (Wildman–Crippen MR) is 161 cm³/mol. The Hall–Kier alpha value is -0.120. The fraction of sp³-hybridized carbons (Fsp3) is 1.00. The molecular formula is C33H69NO2. The molecule has 0 atom stereocenters. The Balaban J connectivity index is 3.66. The predicted octanol–water partition coefficient (Wildman–Crippen LogP) is 10.7. The van der Waals surface area contributed by atoms with Gasteiger partial charge in [-0.2, -0.15) is 0 Å². The monoisotopic (exact) mass is 512 g/mol. The zero-order valence-electron chi connectivity index (χ0n) is 25.9. The molecule has 0 rings (SSSR count). The van der Waals surface area contributed by atoms with Crippen molar-refractivity contribution in [3.8, 4) is 0 Å². The van der Waals surface area contributed by atoms with E-state index in [0.29, 0.717) is 0 Å². The number of nitrogens with zero attached hydrogens (tertiary/aromatic N) is 1. The summed E-state index contributed by atoms with van der Waals surface area (Å²) in [6, 6.07) is 0. The van der Waals surface area contributed by atoms with E-state index in [1.807, 2.05) is 0 Å². The van der Waals surface area contributed by atoms with Crippen molar-refractivity contribution in [1.29, 1.82) is 0 Å². The zero-order valence-corrected chi connectivity index (χ0v) is 25.9. The first kappa shape index (κ1) is 35.9. The molecule has 0 unspecified atom stereocenters. The highest BCUT2D eigenvalue weighted by Crippen LogP contribution is 2.18. The van der Waals surface area contributed by atoms with Crippen LogP contribution < -0.4 is 0 Å². The Morgan fingerprint density at radius 3 is 0.917 bits per heavy atom. The van der Waals surface area contributed by atoms with E-state index in [1.54, 1.807) is 0 Å². The maximum absolute atomic E-state index is 6.28. The van der Waals surface area contributed by atoms with Gasteiger partial charge in [-0.05, 0) is 33.9 Å². The van der Waals surface area contributed by atoms with E-state index in [1.165, 1.54) is 141 Å². The van der Waals surface area contributed by atoms with E-state index in [0.717, 1.165) is 32.6 Å². The first-order chi connectivity index (χ1) is 17.5. The standard InChI is InChI=1S/C33H69NO2/c1-6-8-10-12-14-16-18-20-22-24-26-28-30-35-33(3,32-34(4)5)36-31-29-27-25-23-21-19-17-15-13-11-9-7-2/h6-32H2,1-5H3. The van der Waals surface area contributed by atoms with Crippen LogP contribution in [0.3, 0.4) is 0 Å². The molecule has 0 aliphatic heterocycles. The first-order valence-electron chi connectivity index (χ1n) is 16.5. The van der Waals surface area contributed by atoms with Gasteiger partial charge < -0.3 is 14.4 Å². The molecule has 36 heavy (non-hydrogen) atoms. The molecule has 0 radical (unpaired) electrons. The minimum atomic E-state index is -0.473. The van der Waals surface area contributed by atoms with Gasteiger partial charge in [0.2, 0.25) is 0 Å². The third kappa shape index (κ3) is 26.9. The fourth-order valence-corrected chi connectivity index (χ4v) is 5.17. The Bertz CT molecular complexity index is 382. The van der Waals surface area contributed by atoms with Crippen molar-refractivity contribution in [2.45, 2.75) is 181 Å². The van der Waals surface area contributed by atoms with Crippen molar-refractivity contribution in [3.05, 3.63) is 0 Å². The summed E-state index contributed by atoms with van der Waals surface area (Å²) < 4.78 is 12.6. The molecule has 218 valence electrons. The van der Waals surface area contributed by atoms with Crippen molar-refractivity contribution in [3.63, 3.8) is 0 Å². The lowest BCUT2D eigenvalue weighted by molar-refractivity contribution is -0.232. The minimum absolute atomic E-state index is 0.473. The number of hydrogen-bond acceptors (Lipinski definition) is 3. The maximum atomic E-state index is 6.28. The second-order valence-corrected chi connectivity index (χ2v) is 11.8.